The molecule has 33 aromatic rings. The summed E-state index contributed by atoms with van der Waals surface area (Å²) in [5, 5.41) is 18.5. The molecule has 33 rings (SSSR count). The smallest absolute Gasteiger partial charge is 0.235 e. The molecule has 0 atom stereocenters. The fourth-order valence-corrected chi connectivity index (χ4v) is 22.6. The van der Waals surface area contributed by atoms with E-state index in [9.17, 15) is 17.8 Å². The highest BCUT2D eigenvalue weighted by molar-refractivity contribution is 6.35. The highest BCUT2D eigenvalue weighted by Gasteiger charge is 2.31. The zero-order chi connectivity index (χ0) is 106. The SMILES string of the molecule is [2H]c1c([2H])c([2H])c2c(c1[2H])c1c([2H])c([2H])c([2H])c3c4c([2H])c([2H])c([2H])c5c4c4c(c([2H])c([2H])c([2H])c4n2c31)n5-c1nc2c(ccc3ccccc32)nc1-c1ccccc1.[2H]c1cc2c3cccc4c5ccccc5n(c5c([2H])c(C)c([2H])c6c5c2c(c1[2H])n6-c1nc2c(ccc5ccccc52)nc1-c1ccccc1)c34.[2H]c1ccc2c3cccc4c5ccccc5n(c5cccc6c5c2c1n6-c1nc(-c2ccccc2)c2ccc5ccccc5c2n1)c34. The van der Waals surface area contributed by atoms with Gasteiger partial charge in [0.2, 0.25) is 5.95 Å². The first-order valence-electron chi connectivity index (χ1n) is 55.0. The van der Waals surface area contributed by atoms with Gasteiger partial charge in [0, 0.05) is 119 Å². The number of hydrogen-bond acceptors (Lipinski definition) is 6. The van der Waals surface area contributed by atoms with Crippen molar-refractivity contribution in [2.24, 2.45) is 0 Å². The van der Waals surface area contributed by atoms with E-state index in [0.29, 0.717) is 78.8 Å². The number of fused-ring (bicyclic) bond motifs is 24. The number of para-hydroxylation sites is 6. The van der Waals surface area contributed by atoms with E-state index in [1.165, 1.54) is 30.8 Å². The largest absolute Gasteiger partial charge is 0.308 e. The summed E-state index contributed by atoms with van der Waals surface area (Å²) in [5.41, 5.74) is 16.5. The molecule has 0 fully saturated rings. The maximum Gasteiger partial charge on any atom is 0.235 e. The van der Waals surface area contributed by atoms with Crippen LogP contribution in [0.1, 0.15) is 30.2 Å². The van der Waals surface area contributed by atoms with E-state index in [2.05, 4.69) is 177 Å². The molecule has 0 radical (unpaired) electrons. The van der Waals surface area contributed by atoms with Gasteiger partial charge in [0.05, 0.1) is 141 Å². The zero-order valence-corrected chi connectivity index (χ0v) is 73.5. The molecule has 0 spiro atoms. The summed E-state index contributed by atoms with van der Waals surface area (Å²) in [7, 11) is 0. The van der Waals surface area contributed by atoms with Crippen LogP contribution in [0.3, 0.4) is 0 Å². The molecule has 642 valence electrons. The van der Waals surface area contributed by atoms with Gasteiger partial charge in [-0.25, -0.2) is 29.9 Å². The van der Waals surface area contributed by atoms with Crippen LogP contribution in [0.4, 0.5) is 0 Å². The minimum Gasteiger partial charge on any atom is -0.308 e. The lowest BCUT2D eigenvalue weighted by molar-refractivity contribution is 1.02. The normalized spacial score (nSPS) is 14.2. The molecule has 0 saturated carbocycles. The summed E-state index contributed by atoms with van der Waals surface area (Å²) in [6.45, 7) is 1.83. The summed E-state index contributed by atoms with van der Waals surface area (Å²) in [6, 6.07) is 101. The third kappa shape index (κ3) is 10.5. The maximum absolute atomic E-state index is 9.73. The Morgan fingerprint density at radius 1 is 0.201 bits per heavy atom. The van der Waals surface area contributed by atoms with Gasteiger partial charge in [-0.2, -0.15) is 0 Å². The lowest BCUT2D eigenvalue weighted by Crippen LogP contribution is -2.04. The second kappa shape index (κ2) is 28.6. The Kier molecular flexibility index (Phi) is 12.4. The summed E-state index contributed by atoms with van der Waals surface area (Å²) in [4.78, 5) is 31.8. The van der Waals surface area contributed by atoms with Gasteiger partial charge in [-0.05, 0) is 136 Å². The van der Waals surface area contributed by atoms with E-state index in [4.69, 9.17) is 36.8 Å². The standard InChI is InChI=1S/C43H26N4.2C42H24N4/c1-25-23-36-39-37(24-25)47(43-40(27-12-3-2-4-13-27)44-33-22-21-26-11-5-6-14-28(26)41(33)45-43)35-20-10-16-30(38(35)39)32-18-9-17-31-29-15-7-8-19-34(29)46(36)42(31)32;1-2-12-26(13-3-1)39-42(44-40-27-14-5-4-11-25(27)23-24-32(40)43-39)46-34-20-9-16-29-31-18-8-17-30-28-15-6-7-19-33(28)45(41(30)31)35-21-10-22-36(46)38(35)37(29)34;1-2-12-26(13-3-1)39-32-24-23-25-11-4-5-14-27(25)40(32)44-42(43-39)46-34-20-9-16-29-31-18-8-17-30-28-15-6-7-19-33(28)45(41(30)31)35-21-10-22-36(46)38(35)37(29)34/h2-24H,1H3;2*1-24H/i10D,20D,23D,24D;6D,7D,8D,9D,10D,15D,16D,17D,18D,19D,20D,21D,22D;20D. The summed E-state index contributed by atoms with van der Waals surface area (Å²) in [5.74, 6) is 1.14. The van der Waals surface area contributed by atoms with Crippen LogP contribution >= 0.6 is 0 Å². The molecule has 12 heterocycles. The quantitative estimate of drug-likeness (QED) is 0.154. The van der Waals surface area contributed by atoms with Crippen molar-refractivity contribution in [3.8, 4) is 51.4 Å². The number of nitrogens with zero attached hydrogens (tertiary/aromatic N) is 12. The number of aromatic nitrogens is 12. The molecule has 0 bridgehead atoms. The second-order valence-corrected chi connectivity index (χ2v) is 35.6. The van der Waals surface area contributed by atoms with E-state index in [0.717, 1.165) is 142 Å². The van der Waals surface area contributed by atoms with E-state index in [-0.39, 0.29) is 89.9 Å². The van der Waals surface area contributed by atoms with Gasteiger partial charge < -0.3 is 13.2 Å². The van der Waals surface area contributed by atoms with Crippen LogP contribution in [0.5, 0.6) is 0 Å². The number of hydrogen-bond donors (Lipinski definition) is 0. The molecule has 0 aliphatic rings. The van der Waals surface area contributed by atoms with Crippen molar-refractivity contribution in [2.75, 3.05) is 0 Å². The lowest BCUT2D eigenvalue weighted by atomic mass is 10.0. The van der Waals surface area contributed by atoms with Gasteiger partial charge in [0.1, 0.15) is 11.4 Å². The van der Waals surface area contributed by atoms with Crippen LogP contribution in [-0.2, 0) is 0 Å². The molecule has 0 amide bonds. The van der Waals surface area contributed by atoms with Gasteiger partial charge in [0.25, 0.3) is 0 Å². The average Bonchev–Trinajstić information content (AvgIpc) is 1.49. The van der Waals surface area contributed by atoms with Crippen molar-refractivity contribution in [1.29, 1.82) is 0 Å². The molecule has 12 nitrogen and oxygen atoms in total. The Morgan fingerprint density at radius 3 is 1.23 bits per heavy atom. The second-order valence-electron chi connectivity index (χ2n) is 35.6. The van der Waals surface area contributed by atoms with Gasteiger partial charge in [-0.15, -0.1) is 0 Å². The Morgan fingerprint density at radius 2 is 0.597 bits per heavy atom. The van der Waals surface area contributed by atoms with Crippen molar-refractivity contribution in [1.82, 2.24) is 56.8 Å². The Balaban J connectivity index is 0.000000105. The predicted molar refractivity (Wildman–Crippen MR) is 579 cm³/mol. The predicted octanol–water partition coefficient (Wildman–Crippen LogP) is 32.4. The highest BCUT2D eigenvalue weighted by atomic mass is 15.2. The molecule has 12 heteroatoms. The molecular formula is C127H74N12. The van der Waals surface area contributed by atoms with Gasteiger partial charge in [-0.3, -0.25) is 13.7 Å². The summed E-state index contributed by atoms with van der Waals surface area (Å²) < 4.78 is 179. The van der Waals surface area contributed by atoms with Crippen LogP contribution in [0.25, 0.3) is 296 Å². The molecule has 21 aromatic carbocycles. The highest BCUT2D eigenvalue weighted by Crippen LogP contribution is 2.51. The van der Waals surface area contributed by atoms with E-state index < -0.39 is 78.6 Å². The van der Waals surface area contributed by atoms with Crippen molar-refractivity contribution >= 4 is 245 Å². The van der Waals surface area contributed by atoms with E-state index >= 15 is 0 Å². The first kappa shape index (κ1) is 60.4. The third-order valence-corrected chi connectivity index (χ3v) is 28.3. The Labute approximate surface area is 816 Å². The average molecular weight is 1790 g/mol. The number of rotatable bonds is 6. The van der Waals surface area contributed by atoms with Crippen molar-refractivity contribution in [2.45, 2.75) is 6.92 Å². The zero-order valence-electron chi connectivity index (χ0n) is 91.5. The molecule has 12 aromatic heterocycles. The van der Waals surface area contributed by atoms with Crippen LogP contribution in [0.15, 0.2) is 430 Å². The van der Waals surface area contributed by atoms with Gasteiger partial charge >= 0.3 is 0 Å². The summed E-state index contributed by atoms with van der Waals surface area (Å²) >= 11 is 0. The molecule has 139 heavy (non-hydrogen) atoms. The molecule has 0 aliphatic heterocycles. The maximum atomic E-state index is 9.73. The Bertz CT molecular complexity index is 12300. The summed E-state index contributed by atoms with van der Waals surface area (Å²) in [6.07, 6.45) is 0. The minimum atomic E-state index is -0.628. The van der Waals surface area contributed by atoms with E-state index in [1.54, 1.807) is 6.07 Å². The van der Waals surface area contributed by atoms with Crippen molar-refractivity contribution in [3.63, 3.8) is 0 Å². The topological polar surface area (TPSA) is 105 Å². The van der Waals surface area contributed by atoms with Crippen molar-refractivity contribution < 1.29 is 24.7 Å². The number of benzene rings is 21. The molecule has 0 aliphatic carbocycles. The van der Waals surface area contributed by atoms with E-state index in [1.807, 2.05) is 163 Å². The third-order valence-electron chi connectivity index (χ3n) is 28.3. The molecule has 0 N–H and O–H groups in total. The molecule has 0 saturated heterocycles. The van der Waals surface area contributed by atoms with Gasteiger partial charge in [0.15, 0.2) is 11.6 Å². The van der Waals surface area contributed by atoms with Gasteiger partial charge in [-0.1, -0.05) is 339 Å². The minimum absolute atomic E-state index is 0.0294. The Hall–Kier alpha value is -18.8. The van der Waals surface area contributed by atoms with Crippen LogP contribution in [0.2, 0.25) is 0 Å². The lowest BCUT2D eigenvalue weighted by Gasteiger charge is -2.15. The fourth-order valence-electron chi connectivity index (χ4n) is 22.6. The first-order valence-corrected chi connectivity index (χ1v) is 46.0. The molecule has 0 unspecified atom stereocenters. The monoisotopic (exact) mass is 1780 g/mol. The molecular weight excluding hydrogens is 1690 g/mol. The van der Waals surface area contributed by atoms with Crippen LogP contribution in [-0.4, -0.2) is 56.8 Å². The van der Waals surface area contributed by atoms with Crippen molar-refractivity contribution in [3.05, 3.63) is 436 Å². The van der Waals surface area contributed by atoms with Crippen LogP contribution < -0.4 is 0 Å². The fraction of sp³-hybridized carbons (Fsp3) is 0.00787. The van der Waals surface area contributed by atoms with Crippen LogP contribution in [0, 0.1) is 6.92 Å². The first-order chi connectivity index (χ1) is 76.4.